The van der Waals surface area contributed by atoms with E-state index in [4.69, 9.17) is 4.74 Å². The number of aromatic amines is 1. The van der Waals surface area contributed by atoms with Gasteiger partial charge in [0, 0.05) is 54.9 Å². The van der Waals surface area contributed by atoms with Crippen LogP contribution in [0.3, 0.4) is 0 Å². The minimum absolute atomic E-state index is 0.499. The third-order valence-electron chi connectivity index (χ3n) is 5.37. The van der Waals surface area contributed by atoms with E-state index in [1.54, 1.807) is 0 Å². The smallest absolute Gasteiger partial charge is 0.325 e. The minimum atomic E-state index is -0.810. The van der Waals surface area contributed by atoms with Gasteiger partial charge in [-0.15, -0.1) is 0 Å². The Morgan fingerprint density at radius 3 is 2.61 bits per heavy atom. The number of nitrogens with zero attached hydrogens (tertiary/aromatic N) is 2. The zero-order valence-electron chi connectivity index (χ0n) is 16.0. The topological polar surface area (TPSA) is 68.8 Å². The van der Waals surface area contributed by atoms with E-state index in [2.05, 4.69) is 16.9 Å². The van der Waals surface area contributed by atoms with Crippen molar-refractivity contribution < 1.29 is 14.6 Å². The second-order valence-corrected chi connectivity index (χ2v) is 7.31. The Kier molecular flexibility index (Phi) is 5.32. The number of ether oxygens (including phenoxy) is 1. The highest BCUT2D eigenvalue weighted by molar-refractivity contribution is 5.90. The lowest BCUT2D eigenvalue weighted by Crippen LogP contribution is -2.47. The van der Waals surface area contributed by atoms with Crippen LogP contribution in [0.25, 0.3) is 10.9 Å². The number of carboxylic acid groups (broad SMARTS) is 1. The average Bonchev–Trinajstić information content (AvgIpc) is 3.11. The normalized spacial score (nSPS) is 16.9. The summed E-state index contributed by atoms with van der Waals surface area (Å²) >= 11 is 0. The van der Waals surface area contributed by atoms with Crippen molar-refractivity contribution in [3.05, 3.63) is 65.9 Å². The molecule has 2 heterocycles. The number of aromatic nitrogens is 1. The van der Waals surface area contributed by atoms with Gasteiger partial charge in [0.25, 0.3) is 0 Å². The Balaban J connectivity index is 1.55. The molecule has 2 N–H and O–H groups in total. The second-order valence-electron chi connectivity index (χ2n) is 7.31. The molecule has 0 saturated carbocycles. The third-order valence-corrected chi connectivity index (χ3v) is 5.37. The van der Waals surface area contributed by atoms with Gasteiger partial charge in [-0.25, -0.2) is 0 Å². The molecule has 1 fully saturated rings. The van der Waals surface area contributed by atoms with Crippen LogP contribution in [0.1, 0.15) is 17.2 Å². The number of hydrogen-bond acceptors (Lipinski definition) is 4. The van der Waals surface area contributed by atoms with E-state index in [1.165, 1.54) is 0 Å². The number of rotatable bonds is 6. The lowest BCUT2D eigenvalue weighted by atomic mass is 10.0. The third kappa shape index (κ3) is 3.88. The fourth-order valence-electron chi connectivity index (χ4n) is 3.75. The summed E-state index contributed by atoms with van der Waals surface area (Å²) in [6.07, 6.45) is 1.82. The largest absolute Gasteiger partial charge is 0.489 e. The van der Waals surface area contributed by atoms with Gasteiger partial charge in [-0.2, -0.15) is 0 Å². The zero-order chi connectivity index (χ0) is 19.5. The highest BCUT2D eigenvalue weighted by atomic mass is 16.5. The molecule has 3 aromatic rings. The van der Waals surface area contributed by atoms with E-state index >= 15 is 0 Å². The molecule has 6 nitrogen and oxygen atoms in total. The second kappa shape index (κ2) is 8.04. The van der Waals surface area contributed by atoms with Crippen LogP contribution in [-0.2, 0) is 11.4 Å². The van der Waals surface area contributed by atoms with Crippen LogP contribution in [0, 0.1) is 0 Å². The highest BCUT2D eigenvalue weighted by Crippen LogP contribution is 2.31. The molecule has 28 heavy (non-hydrogen) atoms. The first kappa shape index (κ1) is 18.5. The number of H-pyrrole nitrogens is 1. The molecule has 1 atom stereocenters. The number of hydrogen-bond donors (Lipinski definition) is 2. The molecule has 146 valence electrons. The number of aliphatic carboxylic acids is 1. The molecule has 0 radical (unpaired) electrons. The number of fused-ring (bicyclic) bond motifs is 1. The molecular weight excluding hydrogens is 354 g/mol. The number of likely N-dealkylation sites (N-methyl/N-ethyl adjacent to an activating group) is 1. The molecule has 1 saturated heterocycles. The van der Waals surface area contributed by atoms with Crippen molar-refractivity contribution >= 4 is 16.9 Å². The van der Waals surface area contributed by atoms with Crippen LogP contribution in [-0.4, -0.2) is 59.1 Å². The van der Waals surface area contributed by atoms with Crippen LogP contribution in [0.5, 0.6) is 5.75 Å². The van der Waals surface area contributed by atoms with Crippen LogP contribution < -0.4 is 4.74 Å². The monoisotopic (exact) mass is 379 g/mol. The first-order valence-corrected chi connectivity index (χ1v) is 9.55. The molecule has 4 rings (SSSR count). The van der Waals surface area contributed by atoms with E-state index < -0.39 is 12.0 Å². The summed E-state index contributed by atoms with van der Waals surface area (Å²) in [5.41, 5.74) is 2.80. The van der Waals surface area contributed by atoms with Crippen LogP contribution >= 0.6 is 0 Å². The molecule has 0 unspecified atom stereocenters. The van der Waals surface area contributed by atoms with Crippen molar-refractivity contribution in [1.82, 2.24) is 14.8 Å². The first-order chi connectivity index (χ1) is 13.6. The molecule has 1 aliphatic heterocycles. The van der Waals surface area contributed by atoms with Crippen molar-refractivity contribution in [2.24, 2.45) is 0 Å². The Morgan fingerprint density at radius 1 is 1.14 bits per heavy atom. The maximum atomic E-state index is 12.1. The van der Waals surface area contributed by atoms with Gasteiger partial charge in [0.2, 0.25) is 0 Å². The molecule has 1 aromatic heterocycles. The maximum absolute atomic E-state index is 12.1. The maximum Gasteiger partial charge on any atom is 0.325 e. The molecule has 0 amide bonds. The average molecular weight is 379 g/mol. The fraction of sp³-hybridized carbons (Fsp3) is 0.318. The Bertz CT molecular complexity index is 946. The number of piperazine rings is 1. The van der Waals surface area contributed by atoms with Crippen LogP contribution in [0.15, 0.2) is 54.7 Å². The molecule has 0 spiro atoms. The summed E-state index contributed by atoms with van der Waals surface area (Å²) < 4.78 is 5.89. The summed E-state index contributed by atoms with van der Waals surface area (Å²) in [7, 11) is 2.07. The van der Waals surface area contributed by atoms with Crippen molar-refractivity contribution in [2.45, 2.75) is 12.6 Å². The van der Waals surface area contributed by atoms with E-state index in [0.29, 0.717) is 6.61 Å². The molecule has 6 heteroatoms. The molecule has 0 aliphatic carbocycles. The highest BCUT2D eigenvalue weighted by Gasteiger charge is 2.31. The van der Waals surface area contributed by atoms with Crippen molar-refractivity contribution in [3.8, 4) is 5.75 Å². The van der Waals surface area contributed by atoms with Crippen molar-refractivity contribution in [3.63, 3.8) is 0 Å². The van der Waals surface area contributed by atoms with Crippen LogP contribution in [0.4, 0.5) is 0 Å². The van der Waals surface area contributed by atoms with Crippen LogP contribution in [0.2, 0.25) is 0 Å². The lowest BCUT2D eigenvalue weighted by molar-refractivity contribution is -0.144. The minimum Gasteiger partial charge on any atom is -0.489 e. The first-order valence-electron chi connectivity index (χ1n) is 9.55. The summed E-state index contributed by atoms with van der Waals surface area (Å²) in [5.74, 6) is -0.0499. The van der Waals surface area contributed by atoms with Gasteiger partial charge in [0.15, 0.2) is 0 Å². The van der Waals surface area contributed by atoms with Gasteiger partial charge in [0.1, 0.15) is 18.4 Å². The van der Waals surface area contributed by atoms with Gasteiger partial charge in [-0.1, -0.05) is 30.3 Å². The van der Waals surface area contributed by atoms with Gasteiger partial charge < -0.3 is 19.7 Å². The summed E-state index contributed by atoms with van der Waals surface area (Å²) in [5, 5.41) is 10.8. The fourth-order valence-corrected chi connectivity index (χ4v) is 3.75. The number of carboxylic acids is 1. The van der Waals surface area contributed by atoms with Gasteiger partial charge in [-0.05, 0) is 24.7 Å². The summed E-state index contributed by atoms with van der Waals surface area (Å²) in [6.45, 7) is 3.75. The van der Waals surface area contributed by atoms with E-state index in [9.17, 15) is 9.90 Å². The predicted molar refractivity (Wildman–Crippen MR) is 109 cm³/mol. The number of benzene rings is 2. The quantitative estimate of drug-likeness (QED) is 0.689. The Morgan fingerprint density at radius 2 is 1.89 bits per heavy atom. The summed E-state index contributed by atoms with van der Waals surface area (Å²) in [4.78, 5) is 19.6. The van der Waals surface area contributed by atoms with Crippen molar-refractivity contribution in [2.75, 3.05) is 33.2 Å². The Labute approximate surface area is 164 Å². The van der Waals surface area contributed by atoms with E-state index in [-0.39, 0.29) is 0 Å². The molecule has 1 aliphatic rings. The molecule has 0 bridgehead atoms. The van der Waals surface area contributed by atoms with E-state index in [1.807, 2.05) is 59.6 Å². The van der Waals surface area contributed by atoms with Gasteiger partial charge in [0.05, 0.1) is 0 Å². The van der Waals surface area contributed by atoms with E-state index in [0.717, 1.165) is 54.0 Å². The Hall–Kier alpha value is -2.83. The SMILES string of the molecule is CN1CCN([C@H](C(=O)O)c2c[nH]c3cc(OCc4ccccc4)ccc23)CC1. The van der Waals surface area contributed by atoms with Gasteiger partial charge >= 0.3 is 5.97 Å². The lowest BCUT2D eigenvalue weighted by Gasteiger charge is -2.36. The number of nitrogens with one attached hydrogen (secondary N) is 1. The summed E-state index contributed by atoms with van der Waals surface area (Å²) in [6, 6.07) is 15.2. The predicted octanol–water partition coefficient (Wildman–Crippen LogP) is 3.12. The number of carbonyl (C=O) groups is 1. The zero-order valence-corrected chi connectivity index (χ0v) is 16.0. The molecule has 2 aromatic carbocycles. The van der Waals surface area contributed by atoms with Gasteiger partial charge in [-0.3, -0.25) is 9.69 Å². The standard InChI is InChI=1S/C22H25N3O3/c1-24-9-11-25(12-10-24)21(22(26)27)19-14-23-20-13-17(7-8-18(19)20)28-15-16-5-3-2-4-6-16/h2-8,13-14,21,23H,9-12,15H2,1H3,(H,26,27)/t21-/m0/s1. The molecular formula is C22H25N3O3. The van der Waals surface area contributed by atoms with Crippen molar-refractivity contribution in [1.29, 1.82) is 0 Å².